The van der Waals surface area contributed by atoms with Gasteiger partial charge in [-0.3, -0.25) is 0 Å². The third-order valence-corrected chi connectivity index (χ3v) is 2.86. The first kappa shape index (κ1) is 11.2. The molecule has 4 nitrogen and oxygen atoms in total. The molecular weight excluding hydrogens is 202 g/mol. The molecule has 2 rings (SSSR count). The van der Waals surface area contributed by atoms with Gasteiger partial charge in [0.25, 0.3) is 0 Å². The highest BCUT2D eigenvalue weighted by Crippen LogP contribution is 2.15. The highest BCUT2D eigenvalue weighted by molar-refractivity contribution is 5.48. The van der Waals surface area contributed by atoms with Crippen molar-refractivity contribution in [3.63, 3.8) is 0 Å². The second-order valence-corrected chi connectivity index (χ2v) is 4.41. The summed E-state index contributed by atoms with van der Waals surface area (Å²) in [5.74, 6) is 1.58. The molecule has 1 atom stereocenters. The molecule has 0 saturated carbocycles. The van der Waals surface area contributed by atoms with Crippen molar-refractivity contribution < 1.29 is 4.74 Å². The largest absolute Gasteiger partial charge is 0.381 e. The minimum Gasteiger partial charge on any atom is -0.381 e. The smallest absolute Gasteiger partial charge is 0.126 e. The van der Waals surface area contributed by atoms with Gasteiger partial charge in [0.05, 0.1) is 18.5 Å². The van der Waals surface area contributed by atoms with Crippen LogP contribution in [0.1, 0.15) is 6.42 Å². The molecule has 1 aliphatic heterocycles. The molecule has 1 aliphatic rings. The molecule has 16 heavy (non-hydrogen) atoms. The molecule has 1 aromatic rings. The Labute approximate surface area is 96.6 Å². The van der Waals surface area contributed by atoms with Gasteiger partial charge in [0, 0.05) is 33.2 Å². The van der Waals surface area contributed by atoms with Gasteiger partial charge in [-0.2, -0.15) is 0 Å². The minimum absolute atomic E-state index is 0.635. The maximum absolute atomic E-state index is 5.33. The molecule has 1 aromatic heterocycles. The van der Waals surface area contributed by atoms with Crippen LogP contribution in [-0.4, -0.2) is 38.8 Å². The zero-order valence-electron chi connectivity index (χ0n) is 9.94. The van der Waals surface area contributed by atoms with Crippen LogP contribution in [0.5, 0.6) is 0 Å². The van der Waals surface area contributed by atoms with Crippen LogP contribution in [0, 0.1) is 5.92 Å². The van der Waals surface area contributed by atoms with Crippen LogP contribution in [0.4, 0.5) is 11.5 Å². The number of aromatic nitrogens is 1. The number of hydrogen-bond acceptors (Lipinski definition) is 4. The van der Waals surface area contributed by atoms with E-state index in [4.69, 9.17) is 4.74 Å². The zero-order valence-corrected chi connectivity index (χ0v) is 9.94. The van der Waals surface area contributed by atoms with Gasteiger partial charge in [-0.15, -0.1) is 0 Å². The number of nitrogens with zero attached hydrogens (tertiary/aromatic N) is 2. The topological polar surface area (TPSA) is 37.4 Å². The Balaban J connectivity index is 1.84. The van der Waals surface area contributed by atoms with E-state index in [-0.39, 0.29) is 0 Å². The fourth-order valence-electron chi connectivity index (χ4n) is 1.75. The lowest BCUT2D eigenvalue weighted by Gasteiger charge is -2.13. The summed E-state index contributed by atoms with van der Waals surface area (Å²) < 4.78 is 5.33. The fraction of sp³-hybridized carbons (Fsp3) is 0.583. The van der Waals surface area contributed by atoms with Crippen molar-refractivity contribution in [1.82, 2.24) is 4.98 Å². The molecular formula is C12H19N3O. The maximum atomic E-state index is 5.33. The molecule has 0 amide bonds. The van der Waals surface area contributed by atoms with Gasteiger partial charge in [-0.25, -0.2) is 4.98 Å². The number of nitrogens with one attached hydrogen (secondary N) is 1. The van der Waals surface area contributed by atoms with Crippen molar-refractivity contribution in [2.45, 2.75) is 6.42 Å². The number of ether oxygens (including phenoxy) is 1. The lowest BCUT2D eigenvalue weighted by Crippen LogP contribution is -2.15. The molecule has 1 saturated heterocycles. The molecule has 1 N–H and O–H groups in total. The van der Waals surface area contributed by atoms with E-state index < -0.39 is 0 Å². The predicted molar refractivity (Wildman–Crippen MR) is 66.0 cm³/mol. The van der Waals surface area contributed by atoms with Crippen LogP contribution in [0.25, 0.3) is 0 Å². The molecule has 0 spiro atoms. The second kappa shape index (κ2) is 5.16. The van der Waals surface area contributed by atoms with E-state index in [2.05, 4.69) is 16.4 Å². The molecule has 0 bridgehead atoms. The lowest BCUT2D eigenvalue weighted by atomic mass is 10.1. The second-order valence-electron chi connectivity index (χ2n) is 4.41. The Bertz CT molecular complexity index is 318. The first-order valence-electron chi connectivity index (χ1n) is 5.70. The van der Waals surface area contributed by atoms with Crippen molar-refractivity contribution in [2.75, 3.05) is 44.1 Å². The first-order valence-corrected chi connectivity index (χ1v) is 5.70. The van der Waals surface area contributed by atoms with Crippen molar-refractivity contribution in [3.8, 4) is 0 Å². The standard InChI is InChI=1S/C12H19N3O/c1-15(2)11-3-4-12(14-8-11)13-7-10-5-6-16-9-10/h3-4,8,10H,5-7,9H2,1-2H3,(H,13,14). The molecule has 2 heterocycles. The van der Waals surface area contributed by atoms with Crippen LogP contribution in [0.15, 0.2) is 18.3 Å². The van der Waals surface area contributed by atoms with Gasteiger partial charge >= 0.3 is 0 Å². The monoisotopic (exact) mass is 221 g/mol. The quantitative estimate of drug-likeness (QED) is 0.838. The average Bonchev–Trinajstić information content (AvgIpc) is 2.80. The van der Waals surface area contributed by atoms with Gasteiger partial charge in [-0.1, -0.05) is 0 Å². The SMILES string of the molecule is CN(C)c1ccc(NCC2CCOC2)nc1. The number of pyridine rings is 1. The van der Waals surface area contributed by atoms with E-state index in [0.29, 0.717) is 5.92 Å². The molecule has 1 fully saturated rings. The summed E-state index contributed by atoms with van der Waals surface area (Å²) in [5, 5.41) is 3.34. The Kier molecular flexibility index (Phi) is 3.62. The molecule has 0 aromatic carbocycles. The third kappa shape index (κ3) is 2.85. The Morgan fingerprint density at radius 2 is 2.38 bits per heavy atom. The number of rotatable bonds is 4. The van der Waals surface area contributed by atoms with Crippen molar-refractivity contribution in [2.24, 2.45) is 5.92 Å². The molecule has 88 valence electrons. The summed E-state index contributed by atoms with van der Waals surface area (Å²) >= 11 is 0. The van der Waals surface area contributed by atoms with Gasteiger partial charge in [0.15, 0.2) is 0 Å². The zero-order chi connectivity index (χ0) is 11.4. The van der Waals surface area contributed by atoms with Crippen LogP contribution in [-0.2, 0) is 4.74 Å². The Morgan fingerprint density at radius 3 is 2.94 bits per heavy atom. The van der Waals surface area contributed by atoms with Crippen LogP contribution < -0.4 is 10.2 Å². The Morgan fingerprint density at radius 1 is 1.50 bits per heavy atom. The van der Waals surface area contributed by atoms with E-state index in [9.17, 15) is 0 Å². The molecule has 0 radical (unpaired) electrons. The summed E-state index contributed by atoms with van der Waals surface area (Å²) in [6.07, 6.45) is 3.04. The van der Waals surface area contributed by atoms with Crippen LogP contribution in [0.3, 0.4) is 0 Å². The van der Waals surface area contributed by atoms with Gasteiger partial charge in [-0.05, 0) is 18.6 Å². The van der Waals surface area contributed by atoms with Gasteiger partial charge in [0.2, 0.25) is 0 Å². The molecule has 1 unspecified atom stereocenters. The average molecular weight is 221 g/mol. The van der Waals surface area contributed by atoms with Gasteiger partial charge in [0.1, 0.15) is 5.82 Å². The summed E-state index contributed by atoms with van der Waals surface area (Å²) in [4.78, 5) is 6.41. The summed E-state index contributed by atoms with van der Waals surface area (Å²) in [6, 6.07) is 4.09. The fourth-order valence-corrected chi connectivity index (χ4v) is 1.75. The molecule has 0 aliphatic carbocycles. The summed E-state index contributed by atoms with van der Waals surface area (Å²) in [5.41, 5.74) is 1.12. The van der Waals surface area contributed by atoms with E-state index in [1.54, 1.807) is 0 Å². The number of anilines is 2. The Hall–Kier alpha value is -1.29. The van der Waals surface area contributed by atoms with E-state index in [1.807, 2.05) is 31.3 Å². The predicted octanol–water partition coefficient (Wildman–Crippen LogP) is 1.60. The van der Waals surface area contributed by atoms with E-state index in [1.165, 1.54) is 0 Å². The third-order valence-electron chi connectivity index (χ3n) is 2.86. The highest BCUT2D eigenvalue weighted by Gasteiger charge is 2.14. The van der Waals surface area contributed by atoms with Crippen LogP contribution >= 0.6 is 0 Å². The van der Waals surface area contributed by atoms with Crippen molar-refractivity contribution >= 4 is 11.5 Å². The minimum atomic E-state index is 0.635. The normalized spacial score (nSPS) is 19.8. The first-order chi connectivity index (χ1) is 7.75. The number of hydrogen-bond donors (Lipinski definition) is 1. The molecule has 4 heteroatoms. The van der Waals surface area contributed by atoms with Crippen molar-refractivity contribution in [3.05, 3.63) is 18.3 Å². The maximum Gasteiger partial charge on any atom is 0.126 e. The highest BCUT2D eigenvalue weighted by atomic mass is 16.5. The summed E-state index contributed by atoms with van der Waals surface area (Å²) in [7, 11) is 4.03. The van der Waals surface area contributed by atoms with Gasteiger partial charge < -0.3 is 15.0 Å². The van der Waals surface area contributed by atoms with Crippen LogP contribution in [0.2, 0.25) is 0 Å². The lowest BCUT2D eigenvalue weighted by molar-refractivity contribution is 0.187. The van der Waals surface area contributed by atoms with E-state index in [0.717, 1.165) is 37.7 Å². The van der Waals surface area contributed by atoms with Crippen molar-refractivity contribution in [1.29, 1.82) is 0 Å². The summed E-state index contributed by atoms with van der Waals surface area (Å²) in [6.45, 7) is 2.73. The van der Waals surface area contributed by atoms with E-state index >= 15 is 0 Å².